The first-order valence-corrected chi connectivity index (χ1v) is 12.2. The summed E-state index contributed by atoms with van der Waals surface area (Å²) < 4.78 is 0. The number of amides is 2. The number of fused-ring (bicyclic) bond motifs is 1. The Labute approximate surface area is 211 Å². The summed E-state index contributed by atoms with van der Waals surface area (Å²) in [5, 5.41) is 9.11. The maximum absolute atomic E-state index is 13.6. The molecule has 2 aromatic carbocycles. The first-order valence-electron chi connectivity index (χ1n) is 12.2. The molecule has 3 heterocycles. The first-order chi connectivity index (χ1) is 17.2. The summed E-state index contributed by atoms with van der Waals surface area (Å²) in [6, 6.07) is 17.5. The third kappa shape index (κ3) is 4.42. The molecule has 7 nitrogen and oxygen atoms in total. The number of nitrogens with zero attached hydrogens (tertiary/aromatic N) is 4. The van der Waals surface area contributed by atoms with Crippen LogP contribution in [0.4, 0.5) is 17.1 Å². The summed E-state index contributed by atoms with van der Waals surface area (Å²) in [5.41, 5.74) is 11.9. The van der Waals surface area contributed by atoms with Gasteiger partial charge in [0, 0.05) is 54.4 Å². The van der Waals surface area contributed by atoms with Crippen LogP contribution >= 0.6 is 0 Å². The van der Waals surface area contributed by atoms with Crippen molar-refractivity contribution in [3.63, 3.8) is 0 Å². The van der Waals surface area contributed by atoms with Gasteiger partial charge >= 0.3 is 0 Å². The molecule has 0 spiro atoms. The Morgan fingerprint density at radius 2 is 1.94 bits per heavy atom. The molecule has 0 aliphatic carbocycles. The lowest BCUT2D eigenvalue weighted by molar-refractivity contribution is -0.124. The molecule has 1 fully saturated rings. The predicted molar refractivity (Wildman–Crippen MR) is 139 cm³/mol. The standard InChI is InChI=1S/C29H29N5O2/c1-29(2)18-34(28(36)22-12-27(35)33(17-22)24-5-3-4-23(31)13-24)26-9-8-19(11-25(26)29)6-7-20-10-21(14-30)16-32-15-20/h3-5,8-11,13,15-16,22H,6-7,12,17-18,31H2,1-2H3. The van der Waals surface area contributed by atoms with E-state index in [4.69, 9.17) is 11.0 Å². The fraction of sp³-hybridized carbons (Fsp3) is 0.310. The second-order valence-corrected chi connectivity index (χ2v) is 10.4. The van der Waals surface area contributed by atoms with E-state index in [1.165, 1.54) is 5.56 Å². The Kier molecular flexibility index (Phi) is 5.97. The number of nitrogen functional groups attached to an aromatic ring is 1. The molecule has 0 bridgehead atoms. The van der Waals surface area contributed by atoms with Crippen molar-refractivity contribution in [3.8, 4) is 6.07 Å². The number of anilines is 3. The molecule has 1 atom stereocenters. The number of nitrogens with two attached hydrogens (primary N) is 1. The van der Waals surface area contributed by atoms with E-state index >= 15 is 0 Å². The van der Waals surface area contributed by atoms with E-state index in [-0.39, 0.29) is 29.6 Å². The molecule has 7 heteroatoms. The van der Waals surface area contributed by atoms with Crippen molar-refractivity contribution >= 4 is 28.9 Å². The molecule has 1 aromatic heterocycles. The van der Waals surface area contributed by atoms with Gasteiger partial charge in [0.15, 0.2) is 0 Å². The summed E-state index contributed by atoms with van der Waals surface area (Å²) in [6.07, 6.45) is 5.18. The van der Waals surface area contributed by atoms with Crippen LogP contribution < -0.4 is 15.5 Å². The molecule has 2 aliphatic rings. The number of hydrogen-bond donors (Lipinski definition) is 1. The molecule has 2 N–H and O–H groups in total. The number of hydrogen-bond acceptors (Lipinski definition) is 5. The highest BCUT2D eigenvalue weighted by atomic mass is 16.2. The minimum Gasteiger partial charge on any atom is -0.399 e. The van der Waals surface area contributed by atoms with Gasteiger partial charge in [-0.2, -0.15) is 5.26 Å². The third-order valence-electron chi connectivity index (χ3n) is 7.18. The second-order valence-electron chi connectivity index (χ2n) is 10.4. The Hall–Kier alpha value is -4.18. The minimum atomic E-state index is -0.389. The van der Waals surface area contributed by atoms with E-state index in [9.17, 15) is 9.59 Å². The van der Waals surface area contributed by atoms with Crippen LogP contribution in [0.1, 0.15) is 42.5 Å². The molecule has 0 radical (unpaired) electrons. The van der Waals surface area contributed by atoms with E-state index in [0.29, 0.717) is 24.3 Å². The molecule has 182 valence electrons. The van der Waals surface area contributed by atoms with Crippen LogP contribution in [0.2, 0.25) is 0 Å². The maximum Gasteiger partial charge on any atom is 0.232 e. The lowest BCUT2D eigenvalue weighted by Crippen LogP contribution is -2.39. The molecular weight excluding hydrogens is 450 g/mol. The van der Waals surface area contributed by atoms with E-state index in [1.54, 1.807) is 29.4 Å². The van der Waals surface area contributed by atoms with Crippen molar-refractivity contribution in [1.82, 2.24) is 4.98 Å². The largest absolute Gasteiger partial charge is 0.399 e. The number of pyridine rings is 1. The molecule has 1 unspecified atom stereocenters. The molecule has 3 aromatic rings. The summed E-state index contributed by atoms with van der Waals surface area (Å²) >= 11 is 0. The van der Waals surface area contributed by atoms with Gasteiger partial charge in [-0.1, -0.05) is 32.0 Å². The van der Waals surface area contributed by atoms with Crippen LogP contribution in [-0.2, 0) is 27.8 Å². The molecule has 1 saturated heterocycles. The van der Waals surface area contributed by atoms with Gasteiger partial charge in [0.25, 0.3) is 0 Å². The average molecular weight is 480 g/mol. The maximum atomic E-state index is 13.6. The normalized spacial score (nSPS) is 18.2. The van der Waals surface area contributed by atoms with Crippen molar-refractivity contribution in [2.24, 2.45) is 5.92 Å². The van der Waals surface area contributed by atoms with Crippen molar-refractivity contribution < 1.29 is 9.59 Å². The van der Waals surface area contributed by atoms with Gasteiger partial charge < -0.3 is 15.5 Å². The highest BCUT2D eigenvalue weighted by Crippen LogP contribution is 2.42. The van der Waals surface area contributed by atoms with E-state index in [2.05, 4.69) is 37.0 Å². The molecule has 2 aliphatic heterocycles. The van der Waals surface area contributed by atoms with Crippen LogP contribution in [0.15, 0.2) is 60.9 Å². The van der Waals surface area contributed by atoms with Crippen LogP contribution in [0.25, 0.3) is 0 Å². The third-order valence-corrected chi connectivity index (χ3v) is 7.18. The zero-order valence-electron chi connectivity index (χ0n) is 20.6. The fourth-order valence-electron chi connectivity index (χ4n) is 5.29. The number of aryl methyl sites for hydroxylation is 2. The van der Waals surface area contributed by atoms with Crippen LogP contribution in [0, 0.1) is 17.2 Å². The van der Waals surface area contributed by atoms with Gasteiger partial charge in [0.1, 0.15) is 6.07 Å². The number of rotatable bonds is 5. The monoisotopic (exact) mass is 479 g/mol. The Morgan fingerprint density at radius 3 is 2.72 bits per heavy atom. The highest BCUT2D eigenvalue weighted by molar-refractivity contribution is 6.05. The fourth-order valence-corrected chi connectivity index (χ4v) is 5.29. The minimum absolute atomic E-state index is 0.00581. The first kappa shape index (κ1) is 23.6. The highest BCUT2D eigenvalue weighted by Gasteiger charge is 2.43. The number of aromatic nitrogens is 1. The topological polar surface area (TPSA) is 103 Å². The molecule has 5 rings (SSSR count). The summed E-state index contributed by atoms with van der Waals surface area (Å²) in [5.74, 6) is -0.447. The van der Waals surface area contributed by atoms with E-state index < -0.39 is 0 Å². The SMILES string of the molecule is CC1(C)CN(C(=O)C2CC(=O)N(c3cccc(N)c3)C2)c2ccc(CCc3cncc(C#N)c3)cc21. The lowest BCUT2D eigenvalue weighted by atomic mass is 9.85. The van der Waals surface area contributed by atoms with Crippen molar-refractivity contribution in [1.29, 1.82) is 5.26 Å². The van der Waals surface area contributed by atoms with Gasteiger partial charge in [0.2, 0.25) is 11.8 Å². The van der Waals surface area contributed by atoms with Crippen LogP contribution in [-0.4, -0.2) is 29.9 Å². The van der Waals surface area contributed by atoms with Crippen molar-refractivity contribution in [2.45, 2.75) is 38.5 Å². The smallest absolute Gasteiger partial charge is 0.232 e. The summed E-state index contributed by atoms with van der Waals surface area (Å²) in [7, 11) is 0. The number of carbonyl (C=O) groups excluding carboxylic acids is 2. The molecular formula is C29H29N5O2. The van der Waals surface area contributed by atoms with Gasteiger partial charge in [0.05, 0.1) is 11.5 Å². The zero-order chi connectivity index (χ0) is 25.4. The number of carbonyl (C=O) groups is 2. The summed E-state index contributed by atoms with van der Waals surface area (Å²) in [6.45, 7) is 5.26. The van der Waals surface area contributed by atoms with Crippen LogP contribution in [0.3, 0.4) is 0 Å². The van der Waals surface area contributed by atoms with E-state index in [0.717, 1.165) is 35.3 Å². The Morgan fingerprint density at radius 1 is 1.14 bits per heavy atom. The lowest BCUT2D eigenvalue weighted by Gasteiger charge is -2.23. The predicted octanol–water partition coefficient (Wildman–Crippen LogP) is 4.00. The number of benzene rings is 2. The van der Waals surface area contributed by atoms with Crippen LogP contribution in [0.5, 0.6) is 0 Å². The second kappa shape index (κ2) is 9.12. The summed E-state index contributed by atoms with van der Waals surface area (Å²) in [4.78, 5) is 34.1. The van der Waals surface area contributed by atoms with Crippen molar-refractivity contribution in [3.05, 3.63) is 83.2 Å². The molecule has 36 heavy (non-hydrogen) atoms. The average Bonchev–Trinajstić information content (AvgIpc) is 3.39. The molecule has 2 amide bonds. The molecule has 0 saturated carbocycles. The quantitative estimate of drug-likeness (QED) is 0.557. The van der Waals surface area contributed by atoms with Gasteiger partial charge in [-0.3, -0.25) is 14.6 Å². The van der Waals surface area contributed by atoms with E-state index in [1.807, 2.05) is 29.2 Å². The van der Waals surface area contributed by atoms with Gasteiger partial charge in [-0.25, -0.2) is 0 Å². The van der Waals surface area contributed by atoms with Crippen molar-refractivity contribution in [2.75, 3.05) is 28.6 Å². The Bertz CT molecular complexity index is 1390. The Balaban J connectivity index is 1.33. The number of nitriles is 1. The van der Waals surface area contributed by atoms with Gasteiger partial charge in [-0.05, 0) is 59.9 Å². The van der Waals surface area contributed by atoms with Gasteiger partial charge in [-0.15, -0.1) is 0 Å². The zero-order valence-corrected chi connectivity index (χ0v) is 20.6.